The van der Waals surface area contributed by atoms with Gasteiger partial charge in [-0.25, -0.2) is 4.98 Å². The van der Waals surface area contributed by atoms with Crippen LogP contribution in [0.1, 0.15) is 11.5 Å². The van der Waals surface area contributed by atoms with E-state index in [1.165, 1.54) is 6.20 Å². The number of aromatic nitrogens is 2. The van der Waals surface area contributed by atoms with E-state index in [9.17, 15) is 4.79 Å². The molecule has 2 heterocycles. The highest BCUT2D eigenvalue weighted by Gasteiger charge is 2.12. The topological polar surface area (TPSA) is 82.7 Å². The van der Waals surface area contributed by atoms with Crippen LogP contribution in [0.4, 0.5) is 0 Å². The summed E-state index contributed by atoms with van der Waals surface area (Å²) in [5.41, 5.74) is 1.42. The predicted octanol–water partition coefficient (Wildman–Crippen LogP) is 1.85. The Hall–Kier alpha value is -2.61. The van der Waals surface area contributed by atoms with Crippen molar-refractivity contribution in [2.24, 2.45) is 0 Å². The van der Waals surface area contributed by atoms with Crippen LogP contribution < -0.4 is 5.43 Å². The summed E-state index contributed by atoms with van der Waals surface area (Å²) in [6.07, 6.45) is 1.40. The van der Waals surface area contributed by atoms with Crippen molar-refractivity contribution in [2.75, 3.05) is 0 Å². The third-order valence-corrected chi connectivity index (χ3v) is 2.63. The van der Waals surface area contributed by atoms with Gasteiger partial charge in [-0.3, -0.25) is 4.79 Å². The first-order valence-electron chi connectivity index (χ1n) is 5.02. The molecule has 0 radical (unpaired) electrons. The molecule has 0 atom stereocenters. The fraction of sp³-hybridized carbons (Fsp3) is 0.0833. The summed E-state index contributed by atoms with van der Waals surface area (Å²) >= 11 is 0. The van der Waals surface area contributed by atoms with E-state index in [4.69, 9.17) is 9.68 Å². The minimum absolute atomic E-state index is 0.0686. The summed E-state index contributed by atoms with van der Waals surface area (Å²) in [6, 6.07) is 5.38. The standard InChI is InChI=1S/C12H7N3O2/c1-6-15-9-3-2-8-10(12(9)17-6)11(16)7(4-13)5-14-8/h2-3,5H,1H3,(H,14,16). The van der Waals surface area contributed by atoms with Crippen molar-refractivity contribution < 1.29 is 4.42 Å². The number of rotatable bonds is 0. The Morgan fingerprint density at radius 1 is 1.47 bits per heavy atom. The van der Waals surface area contributed by atoms with E-state index in [1.54, 1.807) is 19.1 Å². The van der Waals surface area contributed by atoms with Crippen LogP contribution in [-0.2, 0) is 0 Å². The second kappa shape index (κ2) is 3.19. The summed E-state index contributed by atoms with van der Waals surface area (Å²) in [5.74, 6) is 0.495. The van der Waals surface area contributed by atoms with E-state index in [0.29, 0.717) is 27.9 Å². The molecule has 0 fully saturated rings. The Balaban J connectivity index is 2.64. The molecule has 0 spiro atoms. The molecule has 3 aromatic rings. The SMILES string of the molecule is Cc1nc2ccc3[nH]cc(C#N)c(=O)c3c2o1. The zero-order valence-corrected chi connectivity index (χ0v) is 8.94. The highest BCUT2D eigenvalue weighted by molar-refractivity contribution is 6.01. The summed E-state index contributed by atoms with van der Waals surface area (Å²) in [6.45, 7) is 1.72. The lowest BCUT2D eigenvalue weighted by Crippen LogP contribution is -2.07. The molecule has 17 heavy (non-hydrogen) atoms. The second-order valence-corrected chi connectivity index (χ2v) is 3.71. The summed E-state index contributed by atoms with van der Waals surface area (Å²) < 4.78 is 5.42. The van der Waals surface area contributed by atoms with Gasteiger partial charge in [-0.1, -0.05) is 0 Å². The molecule has 1 aromatic carbocycles. The largest absolute Gasteiger partial charge is 0.440 e. The molecule has 0 aliphatic carbocycles. The number of oxazole rings is 1. The molecule has 0 unspecified atom stereocenters. The second-order valence-electron chi connectivity index (χ2n) is 3.71. The Labute approximate surface area is 95.3 Å². The highest BCUT2D eigenvalue weighted by atomic mass is 16.3. The maximum atomic E-state index is 12.1. The lowest BCUT2D eigenvalue weighted by molar-refractivity contribution is 0.563. The fourth-order valence-corrected chi connectivity index (χ4v) is 1.88. The molecule has 3 rings (SSSR count). The number of hydrogen-bond donors (Lipinski definition) is 1. The Bertz CT molecular complexity index is 836. The number of nitrogens with zero attached hydrogens (tertiary/aromatic N) is 2. The molecule has 0 aliphatic rings. The van der Waals surface area contributed by atoms with Crippen LogP contribution in [0.5, 0.6) is 0 Å². The Kier molecular flexibility index (Phi) is 1.80. The average Bonchev–Trinajstić information content (AvgIpc) is 2.69. The predicted molar refractivity (Wildman–Crippen MR) is 61.6 cm³/mol. The lowest BCUT2D eigenvalue weighted by Gasteiger charge is -1.97. The van der Waals surface area contributed by atoms with Gasteiger partial charge in [-0.2, -0.15) is 5.26 Å². The molecule has 0 amide bonds. The van der Waals surface area contributed by atoms with Crippen molar-refractivity contribution in [3.8, 4) is 6.07 Å². The monoisotopic (exact) mass is 225 g/mol. The van der Waals surface area contributed by atoms with E-state index in [2.05, 4.69) is 9.97 Å². The van der Waals surface area contributed by atoms with Crippen molar-refractivity contribution in [1.29, 1.82) is 5.26 Å². The molecular weight excluding hydrogens is 218 g/mol. The van der Waals surface area contributed by atoms with E-state index >= 15 is 0 Å². The lowest BCUT2D eigenvalue weighted by atomic mass is 10.1. The number of aryl methyl sites for hydroxylation is 1. The first-order chi connectivity index (χ1) is 8.20. The summed E-state index contributed by atoms with van der Waals surface area (Å²) in [4.78, 5) is 19.1. The van der Waals surface area contributed by atoms with Crippen LogP contribution >= 0.6 is 0 Å². The number of hydrogen-bond acceptors (Lipinski definition) is 4. The zero-order chi connectivity index (χ0) is 12.0. The quantitative estimate of drug-likeness (QED) is 0.632. The Morgan fingerprint density at radius 3 is 3.06 bits per heavy atom. The molecule has 1 N–H and O–H groups in total. The number of aromatic amines is 1. The molecular formula is C12H7N3O2. The third kappa shape index (κ3) is 1.24. The number of H-pyrrole nitrogens is 1. The number of pyridine rings is 1. The van der Waals surface area contributed by atoms with Crippen molar-refractivity contribution in [3.05, 3.63) is 40.0 Å². The molecule has 5 heteroatoms. The van der Waals surface area contributed by atoms with E-state index in [0.717, 1.165) is 0 Å². The van der Waals surface area contributed by atoms with Gasteiger partial charge in [0.05, 0.1) is 10.9 Å². The van der Waals surface area contributed by atoms with E-state index in [1.807, 2.05) is 6.07 Å². The van der Waals surface area contributed by atoms with Crippen molar-refractivity contribution in [2.45, 2.75) is 6.92 Å². The van der Waals surface area contributed by atoms with Crippen LogP contribution in [0.3, 0.4) is 0 Å². The van der Waals surface area contributed by atoms with Crippen LogP contribution in [0.2, 0.25) is 0 Å². The first-order valence-corrected chi connectivity index (χ1v) is 5.02. The van der Waals surface area contributed by atoms with Crippen LogP contribution in [-0.4, -0.2) is 9.97 Å². The molecule has 5 nitrogen and oxygen atoms in total. The van der Waals surface area contributed by atoms with Crippen molar-refractivity contribution >= 4 is 22.0 Å². The van der Waals surface area contributed by atoms with Gasteiger partial charge in [0.2, 0.25) is 5.43 Å². The number of benzene rings is 1. The molecule has 0 saturated carbocycles. The summed E-state index contributed by atoms with van der Waals surface area (Å²) in [7, 11) is 0. The van der Waals surface area contributed by atoms with Crippen molar-refractivity contribution in [1.82, 2.24) is 9.97 Å². The molecule has 82 valence electrons. The van der Waals surface area contributed by atoms with E-state index in [-0.39, 0.29) is 11.0 Å². The maximum Gasteiger partial charge on any atom is 0.210 e. The van der Waals surface area contributed by atoms with E-state index < -0.39 is 0 Å². The molecule has 0 saturated heterocycles. The molecule has 0 aliphatic heterocycles. The van der Waals surface area contributed by atoms with Gasteiger partial charge in [0.15, 0.2) is 11.5 Å². The third-order valence-electron chi connectivity index (χ3n) is 2.63. The highest BCUT2D eigenvalue weighted by Crippen LogP contribution is 2.22. The zero-order valence-electron chi connectivity index (χ0n) is 8.94. The molecule has 2 aromatic heterocycles. The van der Waals surface area contributed by atoms with Gasteiger partial charge < -0.3 is 9.40 Å². The maximum absolute atomic E-state index is 12.1. The normalized spacial score (nSPS) is 10.8. The van der Waals surface area contributed by atoms with Gasteiger partial charge >= 0.3 is 0 Å². The van der Waals surface area contributed by atoms with Gasteiger partial charge in [-0.05, 0) is 12.1 Å². The minimum atomic E-state index is -0.331. The fourth-order valence-electron chi connectivity index (χ4n) is 1.88. The summed E-state index contributed by atoms with van der Waals surface area (Å²) in [5, 5.41) is 9.22. The smallest absolute Gasteiger partial charge is 0.210 e. The van der Waals surface area contributed by atoms with Crippen LogP contribution in [0, 0.1) is 18.3 Å². The molecule has 0 bridgehead atoms. The minimum Gasteiger partial charge on any atom is -0.440 e. The van der Waals surface area contributed by atoms with Gasteiger partial charge in [0, 0.05) is 13.1 Å². The van der Waals surface area contributed by atoms with Crippen LogP contribution in [0.25, 0.3) is 22.0 Å². The number of nitriles is 1. The average molecular weight is 225 g/mol. The van der Waals surface area contributed by atoms with Crippen LogP contribution in [0.15, 0.2) is 27.5 Å². The van der Waals surface area contributed by atoms with Gasteiger partial charge in [0.25, 0.3) is 0 Å². The van der Waals surface area contributed by atoms with Gasteiger partial charge in [0.1, 0.15) is 17.1 Å². The van der Waals surface area contributed by atoms with Crippen molar-refractivity contribution in [3.63, 3.8) is 0 Å². The Morgan fingerprint density at radius 2 is 2.29 bits per heavy atom. The first kappa shape index (κ1) is 9.60. The van der Waals surface area contributed by atoms with Gasteiger partial charge in [-0.15, -0.1) is 0 Å². The number of nitrogens with one attached hydrogen (secondary N) is 1. The number of fused-ring (bicyclic) bond motifs is 3.